The molecular weight excluding hydrogens is 166 g/mol. The maximum atomic E-state index is 5.71. The van der Waals surface area contributed by atoms with Crippen LogP contribution in [0.15, 0.2) is 16.8 Å². The minimum Gasteiger partial charge on any atom is -0.354 e. The highest BCUT2D eigenvalue weighted by atomic mass is 16.5. The highest BCUT2D eigenvalue weighted by molar-refractivity contribution is 5.78. The molecule has 1 atom stereocenters. The predicted molar refractivity (Wildman–Crippen MR) is 49.1 cm³/mol. The quantitative estimate of drug-likeness (QED) is 0.717. The highest BCUT2D eigenvalue weighted by Crippen LogP contribution is 2.19. The van der Waals surface area contributed by atoms with E-state index in [0.29, 0.717) is 5.58 Å². The minimum atomic E-state index is -0.0568. The molecule has 0 spiro atoms. The van der Waals surface area contributed by atoms with Gasteiger partial charge in [-0.15, -0.1) is 0 Å². The van der Waals surface area contributed by atoms with Crippen LogP contribution in [-0.2, 0) is 0 Å². The first-order valence-corrected chi connectivity index (χ1v) is 4.16. The second-order valence-electron chi connectivity index (χ2n) is 3.16. The molecule has 0 radical (unpaired) electrons. The van der Waals surface area contributed by atoms with Crippen LogP contribution in [-0.4, -0.2) is 10.1 Å². The minimum absolute atomic E-state index is 0.0568. The third kappa shape index (κ3) is 1.29. The maximum Gasteiger partial charge on any atom is 0.185 e. The van der Waals surface area contributed by atoms with Gasteiger partial charge in [0.15, 0.2) is 5.58 Å². The molecule has 0 saturated heterocycles. The Kier molecular flexibility index (Phi) is 1.77. The van der Waals surface area contributed by atoms with E-state index in [1.165, 1.54) is 0 Å². The van der Waals surface area contributed by atoms with E-state index in [4.69, 9.17) is 10.3 Å². The fraction of sp³-hybridized carbons (Fsp3) is 0.333. The Labute approximate surface area is 75.7 Å². The van der Waals surface area contributed by atoms with E-state index in [2.05, 4.69) is 10.1 Å². The number of pyridine rings is 1. The number of hydrogen-bond acceptors (Lipinski definition) is 4. The van der Waals surface area contributed by atoms with Gasteiger partial charge >= 0.3 is 0 Å². The topological polar surface area (TPSA) is 64.9 Å². The molecule has 0 aliphatic heterocycles. The largest absolute Gasteiger partial charge is 0.354 e. The van der Waals surface area contributed by atoms with E-state index in [-0.39, 0.29) is 6.04 Å². The van der Waals surface area contributed by atoms with Crippen molar-refractivity contribution < 1.29 is 4.52 Å². The molecule has 0 aromatic carbocycles. The zero-order valence-electron chi connectivity index (χ0n) is 7.61. The number of nitrogens with two attached hydrogens (primary N) is 1. The normalized spacial score (nSPS) is 13.5. The molecule has 2 N–H and O–H groups in total. The summed E-state index contributed by atoms with van der Waals surface area (Å²) in [5.41, 5.74) is 8.15. The lowest BCUT2D eigenvalue weighted by Crippen LogP contribution is -2.06. The maximum absolute atomic E-state index is 5.71. The van der Waals surface area contributed by atoms with E-state index in [9.17, 15) is 0 Å². The summed E-state index contributed by atoms with van der Waals surface area (Å²) in [4.78, 5) is 4.16. The van der Waals surface area contributed by atoms with Crippen molar-refractivity contribution >= 4 is 11.0 Å². The van der Waals surface area contributed by atoms with Gasteiger partial charge in [-0.2, -0.15) is 0 Å². The first-order valence-electron chi connectivity index (χ1n) is 4.16. The Bertz CT molecular complexity index is 433. The summed E-state index contributed by atoms with van der Waals surface area (Å²) in [5.74, 6) is 0. The van der Waals surface area contributed by atoms with Gasteiger partial charge in [-0.1, -0.05) is 5.16 Å². The molecular formula is C9H11N3O. The Morgan fingerprint density at radius 3 is 3.00 bits per heavy atom. The van der Waals surface area contributed by atoms with E-state index in [1.807, 2.05) is 19.9 Å². The van der Waals surface area contributed by atoms with Crippen LogP contribution in [0.3, 0.4) is 0 Å². The van der Waals surface area contributed by atoms with Gasteiger partial charge in [-0.25, -0.2) is 0 Å². The van der Waals surface area contributed by atoms with Gasteiger partial charge in [0.25, 0.3) is 0 Å². The summed E-state index contributed by atoms with van der Waals surface area (Å²) in [6.07, 6.45) is 1.66. The van der Waals surface area contributed by atoms with Gasteiger partial charge in [-0.05, 0) is 19.9 Å². The van der Waals surface area contributed by atoms with E-state index in [0.717, 1.165) is 16.8 Å². The second kappa shape index (κ2) is 2.81. The summed E-state index contributed by atoms with van der Waals surface area (Å²) < 4.78 is 5.03. The molecule has 0 aliphatic rings. The summed E-state index contributed by atoms with van der Waals surface area (Å²) >= 11 is 0. The average molecular weight is 177 g/mol. The summed E-state index contributed by atoms with van der Waals surface area (Å²) in [7, 11) is 0. The van der Waals surface area contributed by atoms with Gasteiger partial charge in [0.05, 0.1) is 17.6 Å². The van der Waals surface area contributed by atoms with Gasteiger partial charge < -0.3 is 10.3 Å². The van der Waals surface area contributed by atoms with Crippen molar-refractivity contribution in [2.24, 2.45) is 5.73 Å². The van der Waals surface area contributed by atoms with Crippen molar-refractivity contribution in [1.29, 1.82) is 0 Å². The molecule has 0 amide bonds. The fourth-order valence-corrected chi connectivity index (χ4v) is 1.23. The van der Waals surface area contributed by atoms with Crippen LogP contribution >= 0.6 is 0 Å². The molecule has 0 aliphatic carbocycles. The van der Waals surface area contributed by atoms with Crippen LogP contribution in [0.5, 0.6) is 0 Å². The van der Waals surface area contributed by atoms with Crippen LogP contribution in [0.1, 0.15) is 24.4 Å². The Morgan fingerprint density at radius 1 is 1.54 bits per heavy atom. The molecule has 4 nitrogen and oxygen atoms in total. The first-order chi connectivity index (χ1) is 6.18. The van der Waals surface area contributed by atoms with Crippen molar-refractivity contribution in [1.82, 2.24) is 10.1 Å². The number of aryl methyl sites for hydroxylation is 1. The standard InChI is InChI=1S/C9H11N3O/c1-5(10)8-3-7-6(2)12-13-9(7)4-11-8/h3-5H,10H2,1-2H3/t5-/m1/s1. The lowest BCUT2D eigenvalue weighted by molar-refractivity contribution is 0.449. The Hall–Kier alpha value is -1.42. The lowest BCUT2D eigenvalue weighted by Gasteiger charge is -2.02. The van der Waals surface area contributed by atoms with E-state index >= 15 is 0 Å². The van der Waals surface area contributed by atoms with Crippen molar-refractivity contribution in [2.75, 3.05) is 0 Å². The van der Waals surface area contributed by atoms with Crippen LogP contribution in [0.25, 0.3) is 11.0 Å². The molecule has 2 heterocycles. The zero-order chi connectivity index (χ0) is 9.42. The number of fused-ring (bicyclic) bond motifs is 1. The third-order valence-corrected chi connectivity index (χ3v) is 2.03. The molecule has 2 aromatic heterocycles. The van der Waals surface area contributed by atoms with Crippen LogP contribution in [0.4, 0.5) is 0 Å². The third-order valence-electron chi connectivity index (χ3n) is 2.03. The predicted octanol–water partition coefficient (Wildman–Crippen LogP) is 1.55. The summed E-state index contributed by atoms with van der Waals surface area (Å²) in [5, 5.41) is 4.83. The van der Waals surface area contributed by atoms with Crippen LogP contribution in [0, 0.1) is 6.92 Å². The van der Waals surface area contributed by atoms with E-state index in [1.54, 1.807) is 6.20 Å². The number of hydrogen-bond donors (Lipinski definition) is 1. The molecule has 0 bridgehead atoms. The van der Waals surface area contributed by atoms with Gasteiger partial charge in [0.2, 0.25) is 0 Å². The summed E-state index contributed by atoms with van der Waals surface area (Å²) in [6.45, 7) is 3.80. The highest BCUT2D eigenvalue weighted by Gasteiger charge is 2.07. The van der Waals surface area contributed by atoms with Gasteiger partial charge in [0, 0.05) is 11.4 Å². The van der Waals surface area contributed by atoms with Gasteiger partial charge in [-0.3, -0.25) is 4.98 Å². The number of nitrogens with zero attached hydrogens (tertiary/aromatic N) is 2. The summed E-state index contributed by atoms with van der Waals surface area (Å²) in [6, 6.07) is 1.87. The van der Waals surface area contributed by atoms with Crippen molar-refractivity contribution in [3.05, 3.63) is 23.7 Å². The number of aromatic nitrogens is 2. The van der Waals surface area contributed by atoms with Crippen molar-refractivity contribution in [3.8, 4) is 0 Å². The molecule has 68 valence electrons. The molecule has 0 unspecified atom stereocenters. The molecule has 13 heavy (non-hydrogen) atoms. The lowest BCUT2D eigenvalue weighted by atomic mass is 10.2. The second-order valence-corrected chi connectivity index (χ2v) is 3.16. The van der Waals surface area contributed by atoms with Gasteiger partial charge in [0.1, 0.15) is 0 Å². The van der Waals surface area contributed by atoms with Crippen LogP contribution < -0.4 is 5.73 Å². The molecule has 0 saturated carbocycles. The molecule has 2 aromatic rings. The van der Waals surface area contributed by atoms with Crippen molar-refractivity contribution in [2.45, 2.75) is 19.9 Å². The number of rotatable bonds is 1. The van der Waals surface area contributed by atoms with E-state index < -0.39 is 0 Å². The van der Waals surface area contributed by atoms with Crippen molar-refractivity contribution in [3.63, 3.8) is 0 Å². The fourth-order valence-electron chi connectivity index (χ4n) is 1.23. The zero-order valence-corrected chi connectivity index (χ0v) is 7.61. The Morgan fingerprint density at radius 2 is 2.31 bits per heavy atom. The average Bonchev–Trinajstić information content (AvgIpc) is 2.47. The molecule has 0 fully saturated rings. The smallest absolute Gasteiger partial charge is 0.185 e. The SMILES string of the molecule is Cc1noc2cnc([C@@H](C)N)cc12. The molecule has 4 heteroatoms. The molecule has 2 rings (SSSR count). The monoisotopic (exact) mass is 177 g/mol. The Balaban J connectivity index is 2.66. The van der Waals surface area contributed by atoms with Crippen LogP contribution in [0.2, 0.25) is 0 Å². The first kappa shape index (κ1) is 8.19.